The average molecular weight is 1320 g/mol. The van der Waals surface area contributed by atoms with E-state index in [1.807, 2.05) is 97.1 Å². The van der Waals surface area contributed by atoms with Gasteiger partial charge in [-0.1, -0.05) is 62.4 Å². The summed E-state index contributed by atoms with van der Waals surface area (Å²) in [6.45, 7) is 10.0. The van der Waals surface area contributed by atoms with Gasteiger partial charge in [-0.2, -0.15) is 9.64 Å². The van der Waals surface area contributed by atoms with E-state index in [2.05, 4.69) is 49.7 Å². The van der Waals surface area contributed by atoms with Crippen LogP contribution in [-0.2, 0) is 70.0 Å². The zero-order valence-corrected chi connectivity index (χ0v) is 58.1. The van der Waals surface area contributed by atoms with E-state index in [1.165, 1.54) is 6.40 Å². The number of terminal acetylenes is 1. The van der Waals surface area contributed by atoms with Gasteiger partial charge in [0, 0.05) is 96.8 Å². The third-order valence-corrected chi connectivity index (χ3v) is 17.6. The molecule has 474 valence electrons. The number of hydrogen-bond acceptors (Lipinski definition) is 19. The van der Waals surface area contributed by atoms with Gasteiger partial charge in [-0.15, -0.1) is 17.9 Å². The minimum Gasteiger partial charge on any atom is -0.748 e. The Morgan fingerprint density at radius 1 is 0.633 bits per heavy atom. The first-order valence-corrected chi connectivity index (χ1v) is 33.5. The molecule has 4 heterocycles. The molecule has 0 spiro atoms. The largest absolute Gasteiger partial charge is 1.00 e. The van der Waals surface area contributed by atoms with Gasteiger partial charge in [0.25, 0.3) is 23.6 Å². The third kappa shape index (κ3) is 21.2. The van der Waals surface area contributed by atoms with Gasteiger partial charge in [-0.3, -0.25) is 24.4 Å². The SMILES string of the molecule is CC1(C)C(/C=C/C=C/C=C/C=C2/N(CCCCS(=O)(=O)[O-])c3ccc4ccc(OCCCCCC(=O)ON5C(=O)CCC5=O)cc4c3C2(C)C)=[N+](CCCCS(=O)(=O)[O-])c2ccc3ccc(OCCCCS(=O)(=O)[O-])cc3c21.O=C1CCC(=O)N1O.[2H]C#C.[Na+].[Na+]. The smallest absolute Gasteiger partial charge is 0.748 e. The van der Waals surface area contributed by atoms with E-state index in [-0.39, 0.29) is 122 Å². The second-order valence-corrected chi connectivity index (χ2v) is 26.9. The van der Waals surface area contributed by atoms with Gasteiger partial charge < -0.3 is 32.9 Å². The number of anilines is 1. The summed E-state index contributed by atoms with van der Waals surface area (Å²) in [6, 6.07) is 19.8. The Labute approximate surface area is 572 Å². The Morgan fingerprint density at radius 2 is 1.11 bits per heavy atom. The standard InChI is InChI=1S/C57H69N3O15S3.C4H5NO3.C2H2.2Na/c1-56(2)49(58(32-12-16-36-76(64,65)66)47-28-24-41-22-26-43(39-45(41)54(47)56)73-34-14-8-11-21-53(63)75-60-51(61)30-31-52(60)62)19-9-6-5-7-10-20-50-57(3,4)55-46-40-44(74-35-15-18-38-78(70,71)72)27-23-42(46)25-29-48(55)59(50)33-13-17-37-77(67,68)69;6-3-1-2-4(7)5(3)8;1-2;;/h5-7,9-10,19-20,22-29,39-40H,8,11-18,21,30-38H2,1-4H3,(H2-,64,65,66,67,68,69,70,71,72);8H,1-2H2;1-2H;;/q;;;2*+1/p-2/i;;1D;;. The van der Waals surface area contributed by atoms with Crippen LogP contribution >= 0.6 is 0 Å². The summed E-state index contributed by atoms with van der Waals surface area (Å²) in [5, 5.41) is 13.0. The Bertz CT molecular complexity index is 3850. The maximum atomic E-state index is 12.2. The van der Waals surface area contributed by atoms with Crippen molar-refractivity contribution in [2.24, 2.45) is 0 Å². The topological polar surface area (TPSA) is 318 Å². The van der Waals surface area contributed by atoms with Crippen LogP contribution in [0.5, 0.6) is 11.5 Å². The van der Waals surface area contributed by atoms with Gasteiger partial charge in [0.1, 0.15) is 19.4 Å². The number of carbonyl (C=O) groups is 5. The molecule has 0 aliphatic carbocycles. The van der Waals surface area contributed by atoms with Gasteiger partial charge in [0.2, 0.25) is 5.69 Å². The summed E-state index contributed by atoms with van der Waals surface area (Å²) in [5.41, 5.74) is 4.83. The molecule has 4 amide bonds. The number of hydroxylamine groups is 4. The first-order valence-electron chi connectivity index (χ1n) is 29.3. The molecule has 0 saturated carbocycles. The quantitative estimate of drug-likeness (QED) is 0.0125. The molecule has 4 aromatic rings. The summed E-state index contributed by atoms with van der Waals surface area (Å²) in [6.07, 6.45) is 23.5. The maximum absolute atomic E-state index is 12.2. The second-order valence-electron chi connectivity index (χ2n) is 22.4. The summed E-state index contributed by atoms with van der Waals surface area (Å²) in [7, 11) is -13.1. The van der Waals surface area contributed by atoms with Crippen molar-refractivity contribution in [2.75, 3.05) is 48.5 Å². The van der Waals surface area contributed by atoms with Crippen molar-refractivity contribution in [3.63, 3.8) is 0 Å². The first-order chi connectivity index (χ1) is 42.0. The van der Waals surface area contributed by atoms with Crippen LogP contribution in [-0.4, -0.2) is 138 Å². The van der Waals surface area contributed by atoms with Gasteiger partial charge in [0.05, 0.1) is 49.0 Å². The van der Waals surface area contributed by atoms with Crippen molar-refractivity contribution in [1.82, 2.24) is 10.1 Å². The maximum Gasteiger partial charge on any atom is 1.00 e. The fourth-order valence-corrected chi connectivity index (χ4v) is 12.7. The predicted molar refractivity (Wildman–Crippen MR) is 327 cm³/mol. The van der Waals surface area contributed by atoms with Crippen LogP contribution < -0.4 is 73.5 Å². The van der Waals surface area contributed by atoms with Crippen LogP contribution in [0.15, 0.2) is 109 Å². The minimum absolute atomic E-state index is 0. The van der Waals surface area contributed by atoms with Crippen LogP contribution in [0.25, 0.3) is 21.5 Å². The van der Waals surface area contributed by atoms with Crippen molar-refractivity contribution in [2.45, 2.75) is 128 Å². The van der Waals surface area contributed by atoms with Gasteiger partial charge in [-0.25, -0.2) is 30.0 Å². The normalized spacial score (nSPS) is 16.7. The molecule has 0 atom stereocenters. The number of allylic oxidation sites excluding steroid dienone is 8. The van der Waals surface area contributed by atoms with E-state index in [9.17, 15) is 62.9 Å². The van der Waals surface area contributed by atoms with E-state index in [0.717, 1.165) is 55.5 Å². The number of imide groups is 2. The number of carbonyl (C=O) groups excluding carboxylic acids is 5. The van der Waals surface area contributed by atoms with Crippen molar-refractivity contribution in [3.05, 3.63) is 120 Å². The van der Waals surface area contributed by atoms with Crippen molar-refractivity contribution >= 4 is 98.6 Å². The Balaban J connectivity index is 0.00000124. The van der Waals surface area contributed by atoms with Crippen molar-refractivity contribution in [3.8, 4) is 24.3 Å². The monoisotopic (exact) mass is 1320 g/mol. The Kier molecular flexibility index (Phi) is 28.7. The minimum atomic E-state index is -4.38. The molecule has 0 bridgehead atoms. The molecule has 1 N–H and O–H groups in total. The molecule has 4 aliphatic rings. The molecule has 0 aromatic heterocycles. The summed E-state index contributed by atoms with van der Waals surface area (Å²) in [5.74, 6) is -2.80. The summed E-state index contributed by atoms with van der Waals surface area (Å²) < 4.78 is 122. The Hall–Kier alpha value is -5.57. The fourth-order valence-electron chi connectivity index (χ4n) is 11.0. The molecule has 27 heteroatoms. The molecular formula is C63H74N4Na2O18S3. The van der Waals surface area contributed by atoms with E-state index in [0.29, 0.717) is 74.8 Å². The summed E-state index contributed by atoms with van der Waals surface area (Å²) in [4.78, 5) is 63.4. The molecule has 0 radical (unpaired) electrons. The van der Waals surface area contributed by atoms with E-state index >= 15 is 0 Å². The number of hydrogen-bond donors (Lipinski definition) is 1. The van der Waals surface area contributed by atoms with Crippen LogP contribution in [0.2, 0.25) is 0 Å². The zero-order chi connectivity index (χ0) is 65.3. The van der Waals surface area contributed by atoms with Crippen LogP contribution in [0.3, 0.4) is 0 Å². The third-order valence-electron chi connectivity index (χ3n) is 15.2. The fraction of sp³-hybridized carbons (Fsp3) is 0.429. The van der Waals surface area contributed by atoms with Crippen molar-refractivity contribution in [1.29, 1.82) is 0 Å². The molecule has 4 aliphatic heterocycles. The molecule has 2 fully saturated rings. The number of rotatable bonds is 28. The van der Waals surface area contributed by atoms with Crippen molar-refractivity contribution < 1.29 is 147 Å². The second kappa shape index (κ2) is 34.4. The predicted octanol–water partition coefficient (Wildman–Crippen LogP) is 2.40. The molecule has 4 aromatic carbocycles. The molecule has 90 heavy (non-hydrogen) atoms. The van der Waals surface area contributed by atoms with Crippen LogP contribution in [0, 0.1) is 12.8 Å². The number of ether oxygens (including phenoxy) is 2. The molecule has 22 nitrogen and oxygen atoms in total. The van der Waals surface area contributed by atoms with Gasteiger partial charge in [-0.05, 0) is 135 Å². The molecule has 2 saturated heterocycles. The zero-order valence-electron chi connectivity index (χ0n) is 52.6. The number of benzene rings is 4. The molecule has 8 rings (SSSR count). The van der Waals surface area contributed by atoms with E-state index in [4.69, 9.17) is 20.9 Å². The summed E-state index contributed by atoms with van der Waals surface area (Å²) >= 11 is 0. The molecular weight excluding hydrogens is 1240 g/mol. The number of unbranched alkanes of at least 4 members (excludes halogenated alkanes) is 5. The Morgan fingerprint density at radius 3 is 1.66 bits per heavy atom. The number of amides is 4. The van der Waals surface area contributed by atoms with E-state index < -0.39 is 88.0 Å². The van der Waals surface area contributed by atoms with E-state index in [1.54, 1.807) is 0 Å². The first kappa shape index (κ1) is 75.2. The van der Waals surface area contributed by atoms with Crippen LogP contribution in [0.1, 0.15) is 130 Å². The molecule has 0 unspecified atom stereocenters. The average Bonchev–Trinajstić information content (AvgIpc) is 1.61. The number of nitrogens with zero attached hydrogens (tertiary/aromatic N) is 4. The van der Waals surface area contributed by atoms with Crippen LogP contribution in [0.4, 0.5) is 11.4 Å². The van der Waals surface area contributed by atoms with Gasteiger partial charge >= 0.3 is 65.1 Å². The number of fused-ring (bicyclic) bond motifs is 6. The van der Waals surface area contributed by atoms with Gasteiger partial charge in [0.15, 0.2) is 5.71 Å².